The Kier molecular flexibility index (Phi) is 4.59. The van der Waals surface area contributed by atoms with E-state index in [-0.39, 0.29) is 17.0 Å². The van der Waals surface area contributed by atoms with Crippen LogP contribution in [0.15, 0.2) is 37.1 Å². The molecule has 2 N–H and O–H groups in total. The van der Waals surface area contributed by atoms with E-state index in [0.717, 1.165) is 0 Å². The van der Waals surface area contributed by atoms with Crippen LogP contribution in [0.25, 0.3) is 27.7 Å². The van der Waals surface area contributed by atoms with Crippen LogP contribution < -0.4 is 5.32 Å². The minimum atomic E-state index is -1.09. The zero-order valence-corrected chi connectivity index (χ0v) is 18.3. The van der Waals surface area contributed by atoms with Crippen LogP contribution in [0, 0.1) is 11.7 Å². The van der Waals surface area contributed by atoms with E-state index in [0.29, 0.717) is 33.5 Å². The van der Waals surface area contributed by atoms with E-state index in [1.165, 1.54) is 11.1 Å². The Morgan fingerprint density at radius 2 is 2.18 bits per heavy atom. The van der Waals surface area contributed by atoms with E-state index in [9.17, 15) is 9.18 Å². The van der Waals surface area contributed by atoms with Crippen LogP contribution in [0.5, 0.6) is 0 Å². The Labute approximate surface area is 194 Å². The molecule has 0 spiro atoms. The molecule has 1 fully saturated rings. The maximum Gasteiger partial charge on any atom is 0.231 e. The minimum Gasteiger partial charge on any atom is -0.309 e. The van der Waals surface area contributed by atoms with Gasteiger partial charge in [-0.25, -0.2) is 13.8 Å². The number of amides is 1. The van der Waals surface area contributed by atoms with E-state index in [1.54, 1.807) is 42.0 Å². The smallest absolute Gasteiger partial charge is 0.231 e. The number of aromatic amines is 1. The average Bonchev–Trinajstić information content (AvgIpc) is 3.26. The van der Waals surface area contributed by atoms with Gasteiger partial charge in [0, 0.05) is 28.3 Å². The number of rotatable bonds is 5. The maximum absolute atomic E-state index is 15.6. The Balaban J connectivity index is 1.43. The number of fused-ring (bicyclic) bond motifs is 2. The first kappa shape index (κ1) is 20.7. The summed E-state index contributed by atoms with van der Waals surface area (Å²) in [7, 11) is 0. The molecule has 10 nitrogen and oxygen atoms in total. The molecule has 0 unspecified atom stereocenters. The van der Waals surface area contributed by atoms with Gasteiger partial charge in [0.25, 0.3) is 0 Å². The first-order chi connectivity index (χ1) is 16.4. The van der Waals surface area contributed by atoms with Crippen LogP contribution in [-0.4, -0.2) is 51.9 Å². The van der Waals surface area contributed by atoms with Gasteiger partial charge in [0.2, 0.25) is 5.91 Å². The topological polar surface area (TPSA) is 119 Å². The number of H-pyrrole nitrogens is 1. The number of alkyl halides is 1. The number of halogens is 3. The molecule has 0 radical (unpaired) electrons. The van der Waals surface area contributed by atoms with E-state index in [4.69, 9.17) is 11.6 Å². The summed E-state index contributed by atoms with van der Waals surface area (Å²) >= 11 is 6.56. The SMILES string of the molecule is C[C@H](c1c(F)c(Cl)c(-c2ccc3nc(NC(=O)[C@@H]4C[C@@H]4F)cn3c2)c2cn[nH]c12)n1ncnn1. The molecule has 4 aromatic heterocycles. The second kappa shape index (κ2) is 7.55. The minimum absolute atomic E-state index is 0.0772. The summed E-state index contributed by atoms with van der Waals surface area (Å²) in [6.45, 7) is 1.73. The third-order valence-corrected chi connectivity index (χ3v) is 6.35. The summed E-state index contributed by atoms with van der Waals surface area (Å²) in [5, 5.41) is 21.7. The molecule has 0 saturated heterocycles. The molecule has 34 heavy (non-hydrogen) atoms. The predicted molar refractivity (Wildman–Crippen MR) is 119 cm³/mol. The fourth-order valence-corrected chi connectivity index (χ4v) is 4.45. The lowest BCUT2D eigenvalue weighted by atomic mass is 9.97. The molecule has 13 heteroatoms. The molecule has 1 saturated carbocycles. The van der Waals surface area contributed by atoms with E-state index >= 15 is 4.39 Å². The van der Waals surface area contributed by atoms with Gasteiger partial charge in [-0.2, -0.15) is 9.90 Å². The molecule has 1 aliphatic rings. The molecule has 6 rings (SSSR count). The van der Waals surface area contributed by atoms with Gasteiger partial charge in [-0.1, -0.05) is 11.6 Å². The second-order valence-corrected chi connectivity index (χ2v) is 8.54. The van der Waals surface area contributed by atoms with Crippen LogP contribution in [-0.2, 0) is 4.79 Å². The van der Waals surface area contributed by atoms with Crippen molar-refractivity contribution in [1.29, 1.82) is 0 Å². The number of nitrogens with one attached hydrogen (secondary N) is 2. The van der Waals surface area contributed by atoms with Gasteiger partial charge < -0.3 is 9.72 Å². The third-order valence-electron chi connectivity index (χ3n) is 6.00. The Bertz CT molecular complexity index is 1560. The largest absolute Gasteiger partial charge is 0.309 e. The number of carbonyl (C=O) groups is 1. The van der Waals surface area contributed by atoms with Crippen molar-refractivity contribution in [3.05, 3.63) is 53.5 Å². The van der Waals surface area contributed by atoms with E-state index in [2.05, 4.69) is 35.9 Å². The number of imidazole rings is 1. The number of aromatic nitrogens is 8. The van der Waals surface area contributed by atoms with Crippen molar-refractivity contribution in [3.8, 4) is 11.1 Å². The summed E-state index contributed by atoms with van der Waals surface area (Å²) in [6.07, 6.45) is 5.32. The van der Waals surface area contributed by atoms with Crippen molar-refractivity contribution in [2.45, 2.75) is 25.6 Å². The Morgan fingerprint density at radius 1 is 1.35 bits per heavy atom. The van der Waals surface area contributed by atoms with Crippen molar-refractivity contribution in [2.75, 3.05) is 5.32 Å². The summed E-state index contributed by atoms with van der Waals surface area (Å²) in [5.74, 6) is -1.34. The van der Waals surface area contributed by atoms with Gasteiger partial charge >= 0.3 is 0 Å². The van der Waals surface area contributed by atoms with Crippen LogP contribution in [0.3, 0.4) is 0 Å². The number of nitrogens with zero attached hydrogens (tertiary/aromatic N) is 7. The number of benzene rings is 1. The van der Waals surface area contributed by atoms with Crippen molar-refractivity contribution in [2.24, 2.45) is 5.92 Å². The molecule has 4 heterocycles. The third kappa shape index (κ3) is 3.21. The van der Waals surface area contributed by atoms with Crippen molar-refractivity contribution < 1.29 is 13.6 Å². The van der Waals surface area contributed by atoms with Crippen LogP contribution in [0.4, 0.5) is 14.6 Å². The summed E-state index contributed by atoms with van der Waals surface area (Å²) in [5.41, 5.74) is 2.34. The maximum atomic E-state index is 15.6. The van der Waals surface area contributed by atoms with Gasteiger partial charge in [0.15, 0.2) is 12.1 Å². The summed E-state index contributed by atoms with van der Waals surface area (Å²) in [4.78, 5) is 17.7. The first-order valence-corrected chi connectivity index (χ1v) is 10.8. The standard InChI is InChI=1S/C21H16ClF2N9O/c1-9(33-27-8-26-31-33)16-19(24)18(22)17(12-5-25-30-20(12)16)10-2-3-15-28-14(7-32(15)6-10)29-21(34)11-4-13(11)23/h2-3,5-9,11,13H,4H2,1H3,(H,25,30)(H,29,34)/t9-,11-,13+/m1/s1. The van der Waals surface area contributed by atoms with E-state index < -0.39 is 29.9 Å². The molecule has 172 valence electrons. The van der Waals surface area contributed by atoms with Crippen LogP contribution in [0.1, 0.15) is 24.9 Å². The van der Waals surface area contributed by atoms with E-state index in [1.807, 2.05) is 0 Å². The number of hydrogen-bond donors (Lipinski definition) is 2. The molecule has 0 bridgehead atoms. The number of carbonyl (C=O) groups excluding carboxylic acids is 1. The fourth-order valence-electron chi connectivity index (χ4n) is 4.13. The monoisotopic (exact) mass is 483 g/mol. The molecule has 1 aliphatic carbocycles. The zero-order valence-electron chi connectivity index (χ0n) is 17.6. The average molecular weight is 484 g/mol. The molecule has 1 aromatic carbocycles. The van der Waals surface area contributed by atoms with Crippen LogP contribution >= 0.6 is 11.6 Å². The number of tetrazole rings is 1. The van der Waals surface area contributed by atoms with Crippen molar-refractivity contribution >= 4 is 39.9 Å². The second-order valence-electron chi connectivity index (χ2n) is 8.16. The first-order valence-electron chi connectivity index (χ1n) is 10.4. The Hall–Kier alpha value is -3.93. The Morgan fingerprint density at radius 3 is 2.91 bits per heavy atom. The molecular formula is C21H16ClF2N9O. The normalized spacial score (nSPS) is 18.5. The molecule has 0 aliphatic heterocycles. The van der Waals surface area contributed by atoms with Gasteiger partial charge in [-0.05, 0) is 30.7 Å². The molecule has 5 aromatic rings. The number of pyridine rings is 1. The highest BCUT2D eigenvalue weighted by Crippen LogP contribution is 2.41. The fraction of sp³-hybridized carbons (Fsp3) is 0.238. The van der Waals surface area contributed by atoms with Gasteiger partial charge in [-0.3, -0.25) is 9.89 Å². The lowest BCUT2D eigenvalue weighted by Crippen LogP contribution is -2.15. The summed E-state index contributed by atoms with van der Waals surface area (Å²) in [6, 6.07) is 2.88. The molecular weight excluding hydrogens is 468 g/mol. The van der Waals surface area contributed by atoms with Crippen molar-refractivity contribution in [1.82, 2.24) is 39.8 Å². The lowest BCUT2D eigenvalue weighted by Gasteiger charge is -2.16. The van der Waals surface area contributed by atoms with Crippen LogP contribution in [0.2, 0.25) is 5.02 Å². The van der Waals surface area contributed by atoms with Gasteiger partial charge in [-0.15, -0.1) is 10.2 Å². The highest BCUT2D eigenvalue weighted by atomic mass is 35.5. The highest BCUT2D eigenvalue weighted by Gasteiger charge is 2.43. The molecule has 3 atom stereocenters. The zero-order chi connectivity index (χ0) is 23.6. The highest BCUT2D eigenvalue weighted by molar-refractivity contribution is 6.35. The van der Waals surface area contributed by atoms with Crippen molar-refractivity contribution in [3.63, 3.8) is 0 Å². The van der Waals surface area contributed by atoms with Gasteiger partial charge in [0.05, 0.1) is 28.9 Å². The van der Waals surface area contributed by atoms with Gasteiger partial charge in [0.1, 0.15) is 23.7 Å². The summed E-state index contributed by atoms with van der Waals surface area (Å²) < 4.78 is 30.4. The number of anilines is 1. The predicted octanol–water partition coefficient (Wildman–Crippen LogP) is 3.56. The number of hydrogen-bond acceptors (Lipinski definition) is 6. The quantitative estimate of drug-likeness (QED) is 0.394. The molecule has 1 amide bonds. The lowest BCUT2D eigenvalue weighted by molar-refractivity contribution is -0.117.